The molecule has 6 rings (SSSR count). The molecule has 1 saturated heterocycles. The minimum atomic E-state index is -3.34. The third-order valence-corrected chi connectivity index (χ3v) is 9.99. The van der Waals surface area contributed by atoms with Gasteiger partial charge in [0.2, 0.25) is 0 Å². The van der Waals surface area contributed by atoms with Gasteiger partial charge in [-0.15, -0.1) is 11.3 Å². The van der Waals surface area contributed by atoms with Crippen LogP contribution in [-0.4, -0.2) is 68.5 Å². The highest BCUT2D eigenvalue weighted by atomic mass is 35.5. The van der Waals surface area contributed by atoms with Gasteiger partial charge < -0.3 is 14.5 Å². The fourth-order valence-electron chi connectivity index (χ4n) is 5.12. The minimum absolute atomic E-state index is 0.144. The molecule has 11 heteroatoms. The largest absolute Gasteiger partial charge is 0.497 e. The van der Waals surface area contributed by atoms with Gasteiger partial charge in [0.25, 0.3) is 5.91 Å². The normalized spacial score (nSPS) is 13.7. The number of aromatic nitrogens is 2. The van der Waals surface area contributed by atoms with Crippen LogP contribution in [0.2, 0.25) is 5.02 Å². The van der Waals surface area contributed by atoms with Crippen molar-refractivity contribution in [2.24, 2.45) is 0 Å². The monoisotopic (exact) mass is 632 g/mol. The van der Waals surface area contributed by atoms with Crippen molar-refractivity contribution in [3.63, 3.8) is 0 Å². The Morgan fingerprint density at radius 2 is 1.63 bits per heavy atom. The summed E-state index contributed by atoms with van der Waals surface area (Å²) in [5.74, 6) is 0.656. The summed E-state index contributed by atoms with van der Waals surface area (Å²) in [6.07, 6.45) is 1.20. The number of carbonyl (C=O) groups is 1. The van der Waals surface area contributed by atoms with E-state index in [2.05, 4.69) is 4.90 Å². The molecule has 8 nitrogen and oxygen atoms in total. The van der Waals surface area contributed by atoms with Crippen LogP contribution in [0.25, 0.3) is 26.7 Å². The second kappa shape index (κ2) is 11.9. The predicted octanol–water partition coefficient (Wildman–Crippen LogP) is 6.30. The fourth-order valence-corrected chi connectivity index (χ4v) is 7.00. The molecule has 2 aromatic heterocycles. The standard InChI is InChI=1S/C32H29ClN4O4S2/c1-41-24-9-6-8-23(20-24)35-15-17-36(18-16-35)32(38)27-21-29(37(34-27)28-12-4-3-11-26(28)33)31-14-13-30(42-31)22-7-5-10-25(19-22)43(2,39)40/h3-14,19-21H,15-18H2,1-2H3. The van der Waals surface area contributed by atoms with E-state index in [1.807, 2.05) is 71.6 Å². The van der Waals surface area contributed by atoms with E-state index in [-0.39, 0.29) is 10.8 Å². The molecular formula is C32H29ClN4O4S2. The minimum Gasteiger partial charge on any atom is -0.497 e. The highest BCUT2D eigenvalue weighted by Crippen LogP contribution is 2.37. The molecule has 0 saturated carbocycles. The number of hydrogen-bond acceptors (Lipinski definition) is 7. The highest BCUT2D eigenvalue weighted by molar-refractivity contribution is 7.90. The number of benzene rings is 3. The maximum Gasteiger partial charge on any atom is 0.274 e. The van der Waals surface area contributed by atoms with Crippen LogP contribution < -0.4 is 9.64 Å². The van der Waals surface area contributed by atoms with E-state index in [9.17, 15) is 13.2 Å². The third-order valence-electron chi connectivity index (χ3n) is 7.40. The van der Waals surface area contributed by atoms with Gasteiger partial charge in [0, 0.05) is 49.1 Å². The number of amides is 1. The van der Waals surface area contributed by atoms with Crippen LogP contribution in [-0.2, 0) is 9.84 Å². The zero-order valence-corrected chi connectivity index (χ0v) is 26.0. The summed E-state index contributed by atoms with van der Waals surface area (Å²) >= 11 is 8.08. The number of halogens is 1. The van der Waals surface area contributed by atoms with Crippen molar-refractivity contribution in [2.75, 3.05) is 44.4 Å². The summed E-state index contributed by atoms with van der Waals surface area (Å²) in [7, 11) is -1.69. The van der Waals surface area contributed by atoms with E-state index in [4.69, 9.17) is 21.4 Å². The Balaban J connectivity index is 1.30. The van der Waals surface area contributed by atoms with Crippen LogP contribution in [0.4, 0.5) is 5.69 Å². The summed E-state index contributed by atoms with van der Waals surface area (Å²) < 4.78 is 31.3. The second-order valence-electron chi connectivity index (χ2n) is 10.2. The lowest BCUT2D eigenvalue weighted by Crippen LogP contribution is -2.48. The molecular weight excluding hydrogens is 604 g/mol. The van der Waals surface area contributed by atoms with Gasteiger partial charge in [-0.3, -0.25) is 4.79 Å². The highest BCUT2D eigenvalue weighted by Gasteiger charge is 2.26. The number of ether oxygens (including phenoxy) is 1. The number of sulfone groups is 1. The quantitative estimate of drug-likeness (QED) is 0.210. The predicted molar refractivity (Wildman–Crippen MR) is 172 cm³/mol. The van der Waals surface area contributed by atoms with Crippen LogP contribution in [0.5, 0.6) is 5.75 Å². The maximum atomic E-state index is 13.7. The first-order valence-corrected chi connectivity index (χ1v) is 16.7. The molecule has 1 fully saturated rings. The van der Waals surface area contributed by atoms with Crippen molar-refractivity contribution in [1.82, 2.24) is 14.7 Å². The number of rotatable bonds is 7. The molecule has 0 N–H and O–H groups in total. The van der Waals surface area contributed by atoms with E-state index in [0.29, 0.717) is 42.6 Å². The molecule has 3 aromatic carbocycles. The SMILES string of the molecule is COc1cccc(N2CCN(C(=O)c3cc(-c4ccc(-c5cccc(S(C)(=O)=O)c5)s4)n(-c4ccccc4Cl)n3)CC2)c1. The summed E-state index contributed by atoms with van der Waals surface area (Å²) in [4.78, 5) is 19.8. The molecule has 0 atom stereocenters. The van der Waals surface area contributed by atoms with Gasteiger partial charge >= 0.3 is 0 Å². The number of carbonyl (C=O) groups excluding carboxylic acids is 1. The zero-order valence-electron chi connectivity index (χ0n) is 23.6. The number of hydrogen-bond donors (Lipinski definition) is 0. The fraction of sp³-hybridized carbons (Fsp3) is 0.188. The number of thiophene rings is 1. The number of anilines is 1. The Labute approximate surface area is 259 Å². The van der Waals surface area contributed by atoms with Crippen LogP contribution in [0, 0.1) is 0 Å². The van der Waals surface area contributed by atoms with Crippen LogP contribution >= 0.6 is 22.9 Å². The molecule has 0 aliphatic carbocycles. The molecule has 0 unspecified atom stereocenters. The van der Waals surface area contributed by atoms with Crippen molar-refractivity contribution in [1.29, 1.82) is 0 Å². The topological polar surface area (TPSA) is 84.7 Å². The van der Waals surface area contributed by atoms with Gasteiger partial charge in [0.1, 0.15) is 5.75 Å². The van der Waals surface area contributed by atoms with Gasteiger partial charge in [-0.25, -0.2) is 13.1 Å². The Kier molecular flexibility index (Phi) is 8.00. The lowest BCUT2D eigenvalue weighted by molar-refractivity contribution is 0.0740. The average molecular weight is 633 g/mol. The summed E-state index contributed by atoms with van der Waals surface area (Å²) in [5, 5.41) is 5.27. The Morgan fingerprint density at radius 3 is 2.37 bits per heavy atom. The van der Waals surface area contributed by atoms with E-state index < -0.39 is 9.84 Å². The Bertz CT molecular complexity index is 1910. The van der Waals surface area contributed by atoms with Crippen LogP contribution in [0.3, 0.4) is 0 Å². The maximum absolute atomic E-state index is 13.7. The molecule has 1 amide bonds. The van der Waals surface area contributed by atoms with Crippen LogP contribution in [0.1, 0.15) is 10.5 Å². The first kappa shape index (κ1) is 29.0. The summed E-state index contributed by atoms with van der Waals surface area (Å²) in [6, 6.07) is 27.9. The van der Waals surface area contributed by atoms with Gasteiger partial charge in [0.05, 0.1) is 33.3 Å². The van der Waals surface area contributed by atoms with E-state index in [1.54, 1.807) is 36.1 Å². The van der Waals surface area contributed by atoms with Gasteiger partial charge in [-0.05, 0) is 60.2 Å². The molecule has 43 heavy (non-hydrogen) atoms. The van der Waals surface area contributed by atoms with E-state index >= 15 is 0 Å². The van der Waals surface area contributed by atoms with Crippen molar-refractivity contribution < 1.29 is 17.9 Å². The molecule has 0 radical (unpaired) electrons. The zero-order chi connectivity index (χ0) is 30.1. The molecule has 1 aliphatic heterocycles. The summed E-state index contributed by atoms with van der Waals surface area (Å²) in [5.41, 5.74) is 3.58. The number of piperazine rings is 1. The van der Waals surface area contributed by atoms with Crippen molar-refractivity contribution in [3.05, 3.63) is 102 Å². The number of para-hydroxylation sites is 1. The Hall–Kier alpha value is -4.12. The summed E-state index contributed by atoms with van der Waals surface area (Å²) in [6.45, 7) is 2.50. The number of methoxy groups -OCH3 is 1. The molecule has 1 aliphatic rings. The molecule has 5 aromatic rings. The van der Waals surface area contributed by atoms with E-state index in [1.165, 1.54) is 17.6 Å². The molecule has 220 valence electrons. The van der Waals surface area contributed by atoms with Gasteiger partial charge in [0.15, 0.2) is 15.5 Å². The first-order valence-electron chi connectivity index (χ1n) is 13.7. The second-order valence-corrected chi connectivity index (χ2v) is 13.7. The third kappa shape index (κ3) is 6.04. The average Bonchev–Trinajstić information content (AvgIpc) is 3.69. The van der Waals surface area contributed by atoms with Gasteiger partial charge in [-0.1, -0.05) is 41.9 Å². The number of nitrogens with zero attached hydrogens (tertiary/aromatic N) is 4. The molecule has 3 heterocycles. The molecule has 0 bridgehead atoms. The lowest BCUT2D eigenvalue weighted by Gasteiger charge is -2.35. The smallest absolute Gasteiger partial charge is 0.274 e. The Morgan fingerprint density at radius 1 is 0.884 bits per heavy atom. The molecule has 0 spiro atoms. The first-order chi connectivity index (χ1) is 20.7. The van der Waals surface area contributed by atoms with Gasteiger partial charge in [-0.2, -0.15) is 5.10 Å². The van der Waals surface area contributed by atoms with Crippen molar-refractivity contribution in [2.45, 2.75) is 4.90 Å². The van der Waals surface area contributed by atoms with E-state index in [0.717, 1.165) is 32.4 Å². The van der Waals surface area contributed by atoms with Crippen molar-refractivity contribution in [3.8, 4) is 32.4 Å². The van der Waals surface area contributed by atoms with Crippen molar-refractivity contribution >= 4 is 44.4 Å². The lowest BCUT2D eigenvalue weighted by atomic mass is 10.2. The van der Waals surface area contributed by atoms with Crippen LogP contribution in [0.15, 0.2) is 95.9 Å².